The van der Waals surface area contributed by atoms with Crippen LogP contribution in [0.5, 0.6) is 0 Å². The molecule has 1 radical (unpaired) electrons. The van der Waals surface area contributed by atoms with Crippen LogP contribution < -0.4 is 0 Å². The summed E-state index contributed by atoms with van der Waals surface area (Å²) in [6, 6.07) is 0. The second-order valence-corrected chi connectivity index (χ2v) is 3.36. The zero-order chi connectivity index (χ0) is 7.28. The lowest BCUT2D eigenvalue weighted by atomic mass is 10.6. The molecule has 55 valence electrons. The van der Waals surface area contributed by atoms with Crippen molar-refractivity contribution in [3.63, 3.8) is 0 Å². The van der Waals surface area contributed by atoms with Gasteiger partial charge in [-0.25, -0.2) is 16.8 Å². The van der Waals surface area contributed by atoms with Crippen LogP contribution in [0.3, 0.4) is 0 Å². The first kappa shape index (κ1) is 8.90. The number of hydrogen-bond donors (Lipinski definition) is 2. The largest absolute Gasteiger partial charge is 0.232 e. The standard InChI is InChI=1S/C3H7O4S2/c4-8(5)2-1-3-9(6)7/h2,8-9H,1,3H2. The molecule has 0 saturated heterocycles. The van der Waals surface area contributed by atoms with E-state index in [4.69, 9.17) is 0 Å². The Labute approximate surface area is 56.8 Å². The molecule has 0 atom stereocenters. The normalized spacial score (nSPS) is 10.9. The third-order valence-electron chi connectivity index (χ3n) is 0.590. The molecule has 6 heteroatoms. The molecular weight excluding hydrogens is 164 g/mol. The SMILES string of the molecule is O=[SH](=O)[CH]CC[SH](=O)=O. The second kappa shape index (κ2) is 4.75. The van der Waals surface area contributed by atoms with Gasteiger partial charge in [-0.2, -0.15) is 0 Å². The van der Waals surface area contributed by atoms with Gasteiger partial charge in [-0.15, -0.1) is 0 Å². The lowest BCUT2D eigenvalue weighted by Gasteiger charge is -1.81. The smallest absolute Gasteiger partial charge is 0.144 e. The molecule has 0 aromatic rings. The quantitative estimate of drug-likeness (QED) is 0.519. The predicted octanol–water partition coefficient (Wildman–Crippen LogP) is -1.24. The van der Waals surface area contributed by atoms with Crippen molar-refractivity contribution >= 4 is 21.4 Å². The Morgan fingerprint density at radius 3 is 2.00 bits per heavy atom. The molecule has 0 aliphatic carbocycles. The highest BCUT2D eigenvalue weighted by atomic mass is 32.2. The van der Waals surface area contributed by atoms with Gasteiger partial charge in [0.1, 0.15) is 21.4 Å². The van der Waals surface area contributed by atoms with Crippen LogP contribution in [0.4, 0.5) is 0 Å². The minimum atomic E-state index is -2.52. The lowest BCUT2D eigenvalue weighted by Crippen LogP contribution is -1.88. The highest BCUT2D eigenvalue weighted by Gasteiger charge is 1.89. The van der Waals surface area contributed by atoms with Gasteiger partial charge in [0, 0.05) is 5.75 Å². The van der Waals surface area contributed by atoms with E-state index in [0.29, 0.717) is 0 Å². The summed E-state index contributed by atoms with van der Waals surface area (Å²) in [7, 11) is -4.95. The third-order valence-corrected chi connectivity index (χ3v) is 1.77. The molecule has 0 spiro atoms. The summed E-state index contributed by atoms with van der Waals surface area (Å²) in [5, 5.41) is 0. The Morgan fingerprint density at radius 2 is 1.67 bits per heavy atom. The minimum absolute atomic E-state index is 0.0847. The van der Waals surface area contributed by atoms with Gasteiger partial charge < -0.3 is 0 Å². The van der Waals surface area contributed by atoms with Crippen molar-refractivity contribution < 1.29 is 16.8 Å². The van der Waals surface area contributed by atoms with Crippen molar-refractivity contribution in [2.75, 3.05) is 5.75 Å². The Kier molecular flexibility index (Phi) is 4.70. The highest BCUT2D eigenvalue weighted by Crippen LogP contribution is 1.85. The molecule has 0 heterocycles. The van der Waals surface area contributed by atoms with E-state index in [1.54, 1.807) is 0 Å². The van der Waals surface area contributed by atoms with Gasteiger partial charge in [0.05, 0.1) is 5.75 Å². The highest BCUT2D eigenvalue weighted by molar-refractivity contribution is 7.75. The van der Waals surface area contributed by atoms with Gasteiger partial charge in [-0.1, -0.05) is 0 Å². The second-order valence-electron chi connectivity index (χ2n) is 1.31. The Balaban J connectivity index is 3.31. The van der Waals surface area contributed by atoms with Crippen LogP contribution >= 0.6 is 0 Å². The maximum atomic E-state index is 9.80. The minimum Gasteiger partial charge on any atom is -0.232 e. The van der Waals surface area contributed by atoms with E-state index in [9.17, 15) is 16.8 Å². The molecule has 0 aromatic carbocycles. The summed E-state index contributed by atoms with van der Waals surface area (Å²) >= 11 is 0. The summed E-state index contributed by atoms with van der Waals surface area (Å²) in [5.41, 5.74) is 0. The van der Waals surface area contributed by atoms with Crippen LogP contribution in [-0.2, 0) is 21.4 Å². The molecule has 0 aliphatic rings. The number of rotatable bonds is 4. The first-order valence-corrected chi connectivity index (χ1v) is 4.82. The molecule has 0 bridgehead atoms. The Morgan fingerprint density at radius 1 is 1.11 bits per heavy atom. The summed E-state index contributed by atoms with van der Waals surface area (Å²) in [6.45, 7) is 0. The van der Waals surface area contributed by atoms with Crippen LogP contribution in [0.2, 0.25) is 0 Å². The molecule has 4 nitrogen and oxygen atoms in total. The van der Waals surface area contributed by atoms with Crippen LogP contribution in [0.15, 0.2) is 0 Å². The molecule has 0 rings (SSSR count). The van der Waals surface area contributed by atoms with Gasteiger partial charge in [-0.3, -0.25) is 0 Å². The Bertz CT molecular complexity index is 164. The van der Waals surface area contributed by atoms with Crippen molar-refractivity contribution in [2.45, 2.75) is 6.42 Å². The monoisotopic (exact) mass is 171 g/mol. The van der Waals surface area contributed by atoms with E-state index in [2.05, 4.69) is 0 Å². The van der Waals surface area contributed by atoms with Crippen LogP contribution in [0, 0.1) is 5.75 Å². The molecular formula is C3H7O4S2. The molecule has 0 aliphatic heterocycles. The maximum Gasteiger partial charge on any atom is 0.144 e. The fraction of sp³-hybridized carbons (Fsp3) is 0.667. The average Bonchev–Trinajstić information content (AvgIpc) is 1.63. The number of thiol groups is 2. The molecule has 0 amide bonds. The first-order valence-electron chi connectivity index (χ1n) is 2.21. The summed E-state index contributed by atoms with van der Waals surface area (Å²) < 4.78 is 39.1. The van der Waals surface area contributed by atoms with Gasteiger partial charge in [0.25, 0.3) is 0 Å². The summed E-state index contributed by atoms with van der Waals surface area (Å²) in [5.74, 6) is 0.874. The van der Waals surface area contributed by atoms with Crippen molar-refractivity contribution in [1.29, 1.82) is 0 Å². The van der Waals surface area contributed by atoms with E-state index in [0.717, 1.165) is 5.75 Å². The van der Waals surface area contributed by atoms with E-state index in [1.165, 1.54) is 0 Å². The molecule has 0 saturated carbocycles. The topological polar surface area (TPSA) is 68.3 Å². The van der Waals surface area contributed by atoms with E-state index >= 15 is 0 Å². The van der Waals surface area contributed by atoms with Gasteiger partial charge >= 0.3 is 0 Å². The van der Waals surface area contributed by atoms with Crippen molar-refractivity contribution in [3.8, 4) is 0 Å². The van der Waals surface area contributed by atoms with Crippen LogP contribution in [-0.4, -0.2) is 22.6 Å². The lowest BCUT2D eigenvalue weighted by molar-refractivity contribution is 0.613. The predicted molar refractivity (Wildman–Crippen MR) is 34.4 cm³/mol. The zero-order valence-electron chi connectivity index (χ0n) is 4.52. The maximum absolute atomic E-state index is 9.80. The Hall–Kier alpha value is -0.100. The summed E-state index contributed by atoms with van der Waals surface area (Å²) in [4.78, 5) is 0. The molecule has 9 heavy (non-hydrogen) atoms. The van der Waals surface area contributed by atoms with Crippen molar-refractivity contribution in [3.05, 3.63) is 5.75 Å². The van der Waals surface area contributed by atoms with Crippen LogP contribution in [0.25, 0.3) is 0 Å². The molecule has 0 aromatic heterocycles. The summed E-state index contributed by atoms with van der Waals surface area (Å²) in [6.07, 6.45) is 0.0947. The van der Waals surface area contributed by atoms with Gasteiger partial charge in [0.15, 0.2) is 0 Å². The van der Waals surface area contributed by atoms with Gasteiger partial charge in [-0.05, 0) is 6.42 Å². The number of hydrogen-bond acceptors (Lipinski definition) is 4. The molecule has 0 N–H and O–H groups in total. The average molecular weight is 171 g/mol. The van der Waals surface area contributed by atoms with E-state index in [1.807, 2.05) is 0 Å². The zero-order valence-corrected chi connectivity index (χ0v) is 6.31. The fourth-order valence-corrected chi connectivity index (χ4v) is 1.15. The third kappa shape index (κ3) is 7.90. The first-order chi connectivity index (χ1) is 4.13. The van der Waals surface area contributed by atoms with Crippen LogP contribution in [0.1, 0.15) is 6.42 Å². The van der Waals surface area contributed by atoms with E-state index in [-0.39, 0.29) is 12.2 Å². The molecule has 0 fully saturated rings. The van der Waals surface area contributed by atoms with Crippen molar-refractivity contribution in [2.24, 2.45) is 0 Å². The van der Waals surface area contributed by atoms with Crippen molar-refractivity contribution in [1.82, 2.24) is 0 Å². The molecule has 0 unspecified atom stereocenters. The fourth-order valence-electron chi connectivity index (χ4n) is 0.269. The van der Waals surface area contributed by atoms with E-state index < -0.39 is 21.4 Å². The van der Waals surface area contributed by atoms with Gasteiger partial charge in [0.2, 0.25) is 0 Å².